The summed E-state index contributed by atoms with van der Waals surface area (Å²) in [6.07, 6.45) is 0.760. The molecule has 0 spiro atoms. The van der Waals surface area contributed by atoms with Crippen LogP contribution in [0.4, 0.5) is 5.69 Å². The molecule has 0 aliphatic rings. The van der Waals surface area contributed by atoms with Crippen molar-refractivity contribution in [3.05, 3.63) is 94.5 Å². The predicted molar refractivity (Wildman–Crippen MR) is 150 cm³/mol. The Morgan fingerprint density at radius 1 is 0.973 bits per heavy atom. The zero-order chi connectivity index (χ0) is 27.0. The molecule has 0 fully saturated rings. The zero-order valence-electron chi connectivity index (χ0n) is 21.2. The summed E-state index contributed by atoms with van der Waals surface area (Å²) in [5, 5.41) is 2.84. The van der Waals surface area contributed by atoms with Gasteiger partial charge in [-0.1, -0.05) is 76.9 Å². The van der Waals surface area contributed by atoms with Crippen LogP contribution in [0.1, 0.15) is 31.4 Å². The first-order valence-corrected chi connectivity index (χ1v) is 14.3. The third-order valence-corrected chi connectivity index (χ3v) is 8.18. The van der Waals surface area contributed by atoms with Crippen LogP contribution >= 0.6 is 15.9 Å². The van der Waals surface area contributed by atoms with Gasteiger partial charge in [0.2, 0.25) is 11.8 Å². The van der Waals surface area contributed by atoms with E-state index in [0.29, 0.717) is 16.7 Å². The number of sulfonamides is 1. The van der Waals surface area contributed by atoms with E-state index < -0.39 is 28.5 Å². The normalized spacial score (nSPS) is 12.0. The molecule has 0 heterocycles. The monoisotopic (exact) mass is 585 g/mol. The highest BCUT2D eigenvalue weighted by atomic mass is 79.9. The number of nitrogens with one attached hydrogen (secondary N) is 1. The van der Waals surface area contributed by atoms with Crippen LogP contribution in [-0.4, -0.2) is 44.3 Å². The molecule has 196 valence electrons. The van der Waals surface area contributed by atoms with Gasteiger partial charge in [-0.2, -0.15) is 0 Å². The van der Waals surface area contributed by atoms with Crippen molar-refractivity contribution in [2.24, 2.45) is 0 Å². The topological polar surface area (TPSA) is 86.8 Å². The number of hydrogen-bond donors (Lipinski definition) is 1. The molecule has 3 aromatic rings. The van der Waals surface area contributed by atoms with E-state index in [9.17, 15) is 18.0 Å². The summed E-state index contributed by atoms with van der Waals surface area (Å²) in [7, 11) is -4.07. The van der Waals surface area contributed by atoms with Gasteiger partial charge in [-0.3, -0.25) is 13.9 Å². The minimum atomic E-state index is -4.07. The molecule has 0 saturated heterocycles. The van der Waals surface area contributed by atoms with Crippen molar-refractivity contribution in [1.82, 2.24) is 10.2 Å². The zero-order valence-corrected chi connectivity index (χ0v) is 23.6. The number of aryl methyl sites for hydroxylation is 1. The van der Waals surface area contributed by atoms with E-state index in [2.05, 4.69) is 21.2 Å². The fourth-order valence-electron chi connectivity index (χ4n) is 3.75. The number of halogens is 1. The standard InChI is InChI=1S/C28H32BrN3O4S/c1-4-17-30-28(34)22(3)31(19-23-15-13-21(2)14-16-23)27(33)20-32(25-10-8-9-24(29)18-25)37(35,36)26-11-6-5-7-12-26/h5-16,18,22H,4,17,19-20H2,1-3H3,(H,30,34). The predicted octanol–water partition coefficient (Wildman–Crippen LogP) is 4.90. The molecule has 1 N–H and O–H groups in total. The van der Waals surface area contributed by atoms with Crippen LogP contribution in [0.2, 0.25) is 0 Å². The quantitative estimate of drug-likeness (QED) is 0.347. The van der Waals surface area contributed by atoms with Gasteiger partial charge in [-0.15, -0.1) is 0 Å². The van der Waals surface area contributed by atoms with E-state index in [-0.39, 0.29) is 17.3 Å². The molecule has 0 aromatic heterocycles. The van der Waals surface area contributed by atoms with E-state index in [1.54, 1.807) is 49.4 Å². The molecule has 0 saturated carbocycles. The number of carbonyl (C=O) groups excluding carboxylic acids is 2. The number of carbonyl (C=O) groups is 2. The molecular weight excluding hydrogens is 554 g/mol. The lowest BCUT2D eigenvalue weighted by molar-refractivity contribution is -0.139. The van der Waals surface area contributed by atoms with Crippen molar-refractivity contribution in [3.8, 4) is 0 Å². The molecule has 3 rings (SSSR count). The summed E-state index contributed by atoms with van der Waals surface area (Å²) in [5.41, 5.74) is 2.25. The Balaban J connectivity index is 2.00. The maximum atomic E-state index is 13.8. The molecule has 7 nitrogen and oxygen atoms in total. The molecule has 0 radical (unpaired) electrons. The summed E-state index contributed by atoms with van der Waals surface area (Å²) < 4.78 is 29.2. The highest BCUT2D eigenvalue weighted by Gasteiger charge is 2.32. The van der Waals surface area contributed by atoms with Crippen molar-refractivity contribution >= 4 is 43.5 Å². The Labute approximate surface area is 227 Å². The molecule has 0 bridgehead atoms. The SMILES string of the molecule is CCCNC(=O)C(C)N(Cc1ccc(C)cc1)C(=O)CN(c1cccc(Br)c1)S(=O)(=O)c1ccccc1. The van der Waals surface area contributed by atoms with Gasteiger partial charge in [0.1, 0.15) is 12.6 Å². The van der Waals surface area contributed by atoms with Crippen LogP contribution in [0.25, 0.3) is 0 Å². The van der Waals surface area contributed by atoms with Gasteiger partial charge >= 0.3 is 0 Å². The Hall–Kier alpha value is -3.17. The number of rotatable bonds is 11. The van der Waals surface area contributed by atoms with E-state index in [1.165, 1.54) is 17.0 Å². The molecular formula is C28H32BrN3O4S. The molecule has 1 atom stereocenters. The molecule has 0 aliphatic heterocycles. The van der Waals surface area contributed by atoms with Crippen molar-refractivity contribution in [1.29, 1.82) is 0 Å². The van der Waals surface area contributed by atoms with Gasteiger partial charge in [0.25, 0.3) is 10.0 Å². The summed E-state index contributed by atoms with van der Waals surface area (Å²) in [6.45, 7) is 5.76. The molecule has 0 aliphatic carbocycles. The van der Waals surface area contributed by atoms with Gasteiger partial charge in [-0.25, -0.2) is 8.42 Å². The first-order chi connectivity index (χ1) is 17.6. The van der Waals surface area contributed by atoms with Crippen LogP contribution < -0.4 is 9.62 Å². The number of nitrogens with zero attached hydrogens (tertiary/aromatic N) is 2. The summed E-state index contributed by atoms with van der Waals surface area (Å²) in [4.78, 5) is 28.2. The lowest BCUT2D eigenvalue weighted by atomic mass is 10.1. The average Bonchev–Trinajstić information content (AvgIpc) is 2.89. The Morgan fingerprint density at radius 3 is 2.27 bits per heavy atom. The molecule has 1 unspecified atom stereocenters. The lowest BCUT2D eigenvalue weighted by Gasteiger charge is -2.32. The minimum absolute atomic E-state index is 0.0709. The summed E-state index contributed by atoms with van der Waals surface area (Å²) in [5.74, 6) is -0.776. The fraction of sp³-hybridized carbons (Fsp3) is 0.286. The highest BCUT2D eigenvalue weighted by Crippen LogP contribution is 2.27. The third kappa shape index (κ3) is 7.42. The van der Waals surface area contributed by atoms with Gasteiger partial charge in [0.15, 0.2) is 0 Å². The van der Waals surface area contributed by atoms with Crippen molar-refractivity contribution in [2.45, 2.75) is 44.7 Å². The van der Waals surface area contributed by atoms with Gasteiger partial charge < -0.3 is 10.2 Å². The van der Waals surface area contributed by atoms with Crippen LogP contribution in [0.3, 0.4) is 0 Å². The maximum Gasteiger partial charge on any atom is 0.264 e. The minimum Gasteiger partial charge on any atom is -0.354 e. The molecule has 2 amide bonds. The van der Waals surface area contributed by atoms with Crippen molar-refractivity contribution < 1.29 is 18.0 Å². The summed E-state index contributed by atoms with van der Waals surface area (Å²) >= 11 is 3.40. The number of hydrogen-bond acceptors (Lipinski definition) is 4. The smallest absolute Gasteiger partial charge is 0.264 e. The summed E-state index contributed by atoms with van der Waals surface area (Å²) in [6, 6.07) is 21.7. The average molecular weight is 587 g/mol. The van der Waals surface area contributed by atoms with E-state index in [4.69, 9.17) is 0 Å². The van der Waals surface area contributed by atoms with Crippen molar-refractivity contribution in [3.63, 3.8) is 0 Å². The maximum absolute atomic E-state index is 13.8. The molecule has 9 heteroatoms. The lowest BCUT2D eigenvalue weighted by Crippen LogP contribution is -2.51. The van der Waals surface area contributed by atoms with Gasteiger partial charge in [-0.05, 0) is 56.2 Å². The Bertz CT molecular complexity index is 1310. The number of amides is 2. The van der Waals surface area contributed by atoms with Crippen LogP contribution in [0.15, 0.2) is 88.2 Å². The van der Waals surface area contributed by atoms with Gasteiger partial charge in [0, 0.05) is 17.6 Å². The van der Waals surface area contributed by atoms with Crippen molar-refractivity contribution in [2.75, 3.05) is 17.4 Å². The van der Waals surface area contributed by atoms with Crippen LogP contribution in [0.5, 0.6) is 0 Å². The largest absolute Gasteiger partial charge is 0.354 e. The highest BCUT2D eigenvalue weighted by molar-refractivity contribution is 9.10. The second kappa shape index (κ2) is 12.9. The van der Waals surface area contributed by atoms with Crippen LogP contribution in [0, 0.1) is 6.92 Å². The Morgan fingerprint density at radius 2 is 1.65 bits per heavy atom. The van der Waals surface area contributed by atoms with Gasteiger partial charge in [0.05, 0.1) is 10.6 Å². The third-order valence-electron chi connectivity index (χ3n) is 5.90. The van der Waals surface area contributed by atoms with E-state index >= 15 is 0 Å². The first-order valence-electron chi connectivity index (χ1n) is 12.1. The fourth-order valence-corrected chi connectivity index (χ4v) is 5.56. The molecule has 37 heavy (non-hydrogen) atoms. The first kappa shape index (κ1) is 28.4. The van der Waals surface area contributed by atoms with E-state index in [1.807, 2.05) is 38.1 Å². The number of anilines is 1. The number of benzene rings is 3. The van der Waals surface area contributed by atoms with E-state index in [0.717, 1.165) is 21.9 Å². The molecule has 3 aromatic carbocycles. The Kier molecular flexibility index (Phi) is 9.88. The second-order valence-corrected chi connectivity index (χ2v) is 11.6. The van der Waals surface area contributed by atoms with Crippen LogP contribution in [-0.2, 0) is 26.2 Å². The second-order valence-electron chi connectivity index (χ2n) is 8.78.